The molecule has 0 fully saturated rings. The highest BCUT2D eigenvalue weighted by molar-refractivity contribution is 8.40. The second-order valence-corrected chi connectivity index (χ2v) is 12.1. The van der Waals surface area contributed by atoms with E-state index in [1.807, 2.05) is 70.6 Å². The molecule has 0 amide bonds. The Balaban J connectivity index is 1.53. The summed E-state index contributed by atoms with van der Waals surface area (Å²) in [5.74, 6) is 2.19. The second kappa shape index (κ2) is 5.78. The van der Waals surface area contributed by atoms with Crippen LogP contribution in [-0.2, 0) is 0 Å². The maximum absolute atomic E-state index is 4.14. The van der Waals surface area contributed by atoms with Crippen molar-refractivity contribution in [3.05, 3.63) is 51.1 Å². The lowest BCUT2D eigenvalue weighted by Crippen LogP contribution is -1.93. The Morgan fingerprint density at radius 2 is 1.05 bits per heavy atom. The van der Waals surface area contributed by atoms with Gasteiger partial charge in [0.25, 0.3) is 0 Å². The highest BCUT2D eigenvalue weighted by Gasteiger charge is 2.32. The van der Waals surface area contributed by atoms with Gasteiger partial charge in [0.1, 0.15) is 0 Å². The van der Waals surface area contributed by atoms with Gasteiger partial charge in [-0.2, -0.15) is 0 Å². The molecule has 0 saturated carbocycles. The molecule has 0 saturated heterocycles. The first-order valence-electron chi connectivity index (χ1n) is 6.20. The number of thioether (sulfide) groups is 6. The van der Waals surface area contributed by atoms with E-state index < -0.39 is 0 Å². The van der Waals surface area contributed by atoms with Crippen LogP contribution in [0.5, 0.6) is 0 Å². The zero-order chi connectivity index (χ0) is 13.7. The molecular weight excluding hydrogens is 361 g/mol. The van der Waals surface area contributed by atoms with Gasteiger partial charge in [-0.25, -0.2) is 0 Å². The molecule has 0 unspecified atom stereocenters. The summed E-state index contributed by atoms with van der Waals surface area (Å²) in [7, 11) is 0. The molecule has 0 radical (unpaired) electrons. The van der Waals surface area contributed by atoms with Gasteiger partial charge in [-0.15, -0.1) is 23.5 Å². The maximum Gasteiger partial charge on any atom is 0.0709 e. The summed E-state index contributed by atoms with van der Waals surface area (Å²) >= 11 is 11.9. The van der Waals surface area contributed by atoms with Crippen LogP contribution in [0.1, 0.15) is 12.8 Å². The summed E-state index contributed by atoms with van der Waals surface area (Å²) in [6.07, 6.45) is 2.18. The summed E-state index contributed by atoms with van der Waals surface area (Å²) in [6, 6.07) is 0. The molecule has 0 atom stereocenters. The molecule has 4 aliphatic heterocycles. The van der Waals surface area contributed by atoms with Crippen molar-refractivity contribution in [2.75, 3.05) is 11.5 Å². The van der Waals surface area contributed by atoms with Crippen molar-refractivity contribution in [3.63, 3.8) is 0 Å². The SMILES string of the molecule is C=C1CSC2=C(C1)S/C(=C1\SC3=C(SCC(=C)C3)S1)S2. The summed E-state index contributed by atoms with van der Waals surface area (Å²) < 4.78 is 6.03. The number of allylic oxidation sites excluding steroid dienone is 2. The Bertz CT molecular complexity index is 568. The lowest BCUT2D eigenvalue weighted by Gasteiger charge is -2.12. The molecule has 0 spiro atoms. The van der Waals surface area contributed by atoms with Crippen LogP contribution in [0.15, 0.2) is 51.1 Å². The van der Waals surface area contributed by atoms with E-state index in [4.69, 9.17) is 0 Å². The van der Waals surface area contributed by atoms with Crippen molar-refractivity contribution in [3.8, 4) is 0 Å². The fourth-order valence-corrected chi connectivity index (χ4v) is 10.9. The monoisotopic (exact) mass is 372 g/mol. The number of hydrogen-bond donors (Lipinski definition) is 0. The summed E-state index contributed by atoms with van der Waals surface area (Å²) in [6.45, 7) is 8.28. The molecule has 0 aromatic heterocycles. The molecule has 6 heteroatoms. The van der Waals surface area contributed by atoms with Crippen LogP contribution in [0, 0.1) is 0 Å². The van der Waals surface area contributed by atoms with Gasteiger partial charge in [0.15, 0.2) is 0 Å². The molecule has 4 rings (SSSR count). The van der Waals surface area contributed by atoms with Crippen LogP contribution in [0.3, 0.4) is 0 Å². The van der Waals surface area contributed by atoms with Crippen molar-refractivity contribution >= 4 is 70.6 Å². The maximum atomic E-state index is 4.14. The smallest absolute Gasteiger partial charge is 0.0709 e. The van der Waals surface area contributed by atoms with Gasteiger partial charge in [-0.1, -0.05) is 71.4 Å². The molecule has 104 valence electrons. The Morgan fingerprint density at radius 1 is 0.600 bits per heavy atom. The van der Waals surface area contributed by atoms with Gasteiger partial charge in [0.2, 0.25) is 0 Å². The van der Waals surface area contributed by atoms with Crippen LogP contribution in [0.4, 0.5) is 0 Å². The van der Waals surface area contributed by atoms with Gasteiger partial charge in [0.05, 0.1) is 16.9 Å². The van der Waals surface area contributed by atoms with E-state index in [-0.39, 0.29) is 0 Å². The topological polar surface area (TPSA) is 0 Å². The van der Waals surface area contributed by atoms with Crippen molar-refractivity contribution in [1.29, 1.82) is 0 Å². The predicted octanol–water partition coefficient (Wildman–Crippen LogP) is 6.80. The molecule has 0 aromatic carbocycles. The van der Waals surface area contributed by atoms with Crippen LogP contribution in [0.25, 0.3) is 0 Å². The fraction of sp³-hybridized carbons (Fsp3) is 0.286. The Kier molecular flexibility index (Phi) is 4.16. The molecule has 4 aliphatic rings. The van der Waals surface area contributed by atoms with Gasteiger partial charge >= 0.3 is 0 Å². The first-order valence-corrected chi connectivity index (χ1v) is 11.4. The molecule has 20 heavy (non-hydrogen) atoms. The van der Waals surface area contributed by atoms with E-state index in [0.29, 0.717) is 0 Å². The van der Waals surface area contributed by atoms with Crippen LogP contribution in [-0.4, -0.2) is 11.5 Å². The van der Waals surface area contributed by atoms with E-state index in [0.717, 1.165) is 24.3 Å². The summed E-state index contributed by atoms with van der Waals surface area (Å²) in [4.78, 5) is 3.06. The lowest BCUT2D eigenvalue weighted by atomic mass is 10.2. The van der Waals surface area contributed by atoms with Crippen LogP contribution >= 0.6 is 70.6 Å². The van der Waals surface area contributed by atoms with Crippen molar-refractivity contribution in [2.24, 2.45) is 0 Å². The van der Waals surface area contributed by atoms with E-state index in [1.165, 1.54) is 37.9 Å². The molecule has 0 aliphatic carbocycles. The van der Waals surface area contributed by atoms with Crippen molar-refractivity contribution in [1.82, 2.24) is 0 Å². The Morgan fingerprint density at radius 3 is 1.50 bits per heavy atom. The quantitative estimate of drug-likeness (QED) is 0.426. The molecule has 0 N–H and O–H groups in total. The average molecular weight is 373 g/mol. The predicted molar refractivity (Wildman–Crippen MR) is 104 cm³/mol. The van der Waals surface area contributed by atoms with Crippen molar-refractivity contribution in [2.45, 2.75) is 12.8 Å². The van der Waals surface area contributed by atoms with E-state index in [2.05, 4.69) is 13.2 Å². The van der Waals surface area contributed by atoms with E-state index in [9.17, 15) is 0 Å². The third-order valence-electron chi connectivity index (χ3n) is 3.06. The lowest BCUT2D eigenvalue weighted by molar-refractivity contribution is 1.21. The summed E-state index contributed by atoms with van der Waals surface area (Å²) in [5.41, 5.74) is 2.73. The van der Waals surface area contributed by atoms with Gasteiger partial charge < -0.3 is 0 Å². The minimum atomic E-state index is 1.09. The minimum Gasteiger partial charge on any atom is -0.114 e. The summed E-state index contributed by atoms with van der Waals surface area (Å²) in [5, 5.41) is 0. The first-order chi connectivity index (χ1) is 9.69. The van der Waals surface area contributed by atoms with Gasteiger partial charge in [0, 0.05) is 34.2 Å². The highest BCUT2D eigenvalue weighted by Crippen LogP contribution is 2.66. The largest absolute Gasteiger partial charge is 0.114 e. The van der Waals surface area contributed by atoms with E-state index in [1.54, 1.807) is 0 Å². The number of rotatable bonds is 0. The van der Waals surface area contributed by atoms with Crippen LogP contribution in [0.2, 0.25) is 0 Å². The third-order valence-corrected chi connectivity index (χ3v) is 12.0. The molecule has 0 bridgehead atoms. The number of hydrogen-bond acceptors (Lipinski definition) is 6. The normalized spacial score (nSPS) is 30.2. The van der Waals surface area contributed by atoms with Crippen molar-refractivity contribution < 1.29 is 0 Å². The zero-order valence-corrected chi connectivity index (χ0v) is 15.6. The average Bonchev–Trinajstić information content (AvgIpc) is 3.00. The Labute approximate surface area is 145 Å². The van der Waals surface area contributed by atoms with Crippen LogP contribution < -0.4 is 0 Å². The van der Waals surface area contributed by atoms with Gasteiger partial charge in [-0.05, 0) is 0 Å². The minimum absolute atomic E-state index is 1.09. The first kappa shape index (κ1) is 14.4. The fourth-order valence-electron chi connectivity index (χ4n) is 2.13. The van der Waals surface area contributed by atoms with E-state index >= 15 is 0 Å². The zero-order valence-electron chi connectivity index (χ0n) is 10.7. The molecule has 0 aromatic rings. The highest BCUT2D eigenvalue weighted by atomic mass is 32.2. The molecule has 0 nitrogen and oxygen atoms in total. The standard InChI is InChI=1S/C14H12S6/c1-7-3-9-11(15-5-7)19-13(17-9)14-18-10-4-8(2)6-16-12(10)20-14/h1-6H2/b14-13-. The Hall–Kier alpha value is 0.800. The molecule has 4 heterocycles. The second-order valence-electron chi connectivity index (χ2n) is 4.84. The van der Waals surface area contributed by atoms with Gasteiger partial charge in [-0.3, -0.25) is 0 Å². The molecular formula is C14H12S6. The third kappa shape index (κ3) is 2.72.